The number of hydrogen-bond donors (Lipinski definition) is 1. The lowest BCUT2D eigenvalue weighted by Crippen LogP contribution is -2.24. The third-order valence-corrected chi connectivity index (χ3v) is 5.38. The van der Waals surface area contributed by atoms with Gasteiger partial charge in [-0.05, 0) is 45.6 Å². The van der Waals surface area contributed by atoms with E-state index >= 15 is 0 Å². The maximum atomic E-state index is 3.63. The van der Waals surface area contributed by atoms with Crippen LogP contribution in [0, 0.1) is 0 Å². The lowest BCUT2D eigenvalue weighted by atomic mass is 10.2. The molecular weight excluding hydrogens is 302 g/mol. The van der Waals surface area contributed by atoms with Gasteiger partial charge in [0, 0.05) is 15.1 Å². The first kappa shape index (κ1) is 14.6. The van der Waals surface area contributed by atoms with Crippen LogP contribution in [0.5, 0.6) is 0 Å². The summed E-state index contributed by atoms with van der Waals surface area (Å²) >= 11 is 7.48. The van der Waals surface area contributed by atoms with Crippen LogP contribution >= 0.6 is 39.0 Å². The van der Waals surface area contributed by atoms with E-state index in [9.17, 15) is 0 Å². The molecule has 0 spiro atoms. The summed E-state index contributed by atoms with van der Waals surface area (Å²) in [5.41, 5.74) is 0. The number of rotatable bonds is 7. The van der Waals surface area contributed by atoms with Gasteiger partial charge in [0.2, 0.25) is 0 Å². The van der Waals surface area contributed by atoms with Crippen LogP contribution in [0.4, 0.5) is 0 Å². The molecule has 1 unspecified atom stereocenters. The molecule has 1 aromatic rings. The molecule has 4 heteroatoms. The second kappa shape index (κ2) is 7.75. The summed E-state index contributed by atoms with van der Waals surface area (Å²) in [6.07, 6.45) is 1.19. The Kier molecular flexibility index (Phi) is 7.04. The molecule has 0 amide bonds. The first-order chi connectivity index (χ1) is 7.65. The van der Waals surface area contributed by atoms with Gasteiger partial charge in [0.15, 0.2) is 0 Å². The Labute approximate surface area is 116 Å². The minimum Gasteiger partial charge on any atom is -0.309 e. The van der Waals surface area contributed by atoms with Crippen LogP contribution in [0.1, 0.15) is 38.1 Å². The Morgan fingerprint density at radius 1 is 1.50 bits per heavy atom. The Bertz CT molecular complexity index is 299. The quantitative estimate of drug-likeness (QED) is 0.781. The van der Waals surface area contributed by atoms with Gasteiger partial charge in [-0.15, -0.1) is 11.3 Å². The third-order valence-electron chi connectivity index (χ3n) is 2.20. The molecule has 1 nitrogen and oxygen atoms in total. The van der Waals surface area contributed by atoms with E-state index in [1.807, 2.05) is 23.1 Å². The summed E-state index contributed by atoms with van der Waals surface area (Å²) < 4.78 is 1.25. The van der Waals surface area contributed by atoms with Gasteiger partial charge >= 0.3 is 0 Å². The van der Waals surface area contributed by atoms with Crippen LogP contribution in [-0.4, -0.2) is 17.5 Å². The molecule has 0 aliphatic heterocycles. The van der Waals surface area contributed by atoms with Gasteiger partial charge in [-0.25, -0.2) is 0 Å². The van der Waals surface area contributed by atoms with Crippen molar-refractivity contribution in [3.8, 4) is 0 Å². The van der Waals surface area contributed by atoms with E-state index in [1.54, 1.807) is 0 Å². The van der Waals surface area contributed by atoms with Crippen molar-refractivity contribution in [2.45, 2.75) is 38.5 Å². The average Bonchev–Trinajstić information content (AvgIpc) is 2.65. The molecule has 0 saturated carbocycles. The van der Waals surface area contributed by atoms with Crippen molar-refractivity contribution in [2.75, 3.05) is 12.3 Å². The zero-order chi connectivity index (χ0) is 12.0. The molecule has 0 aliphatic rings. The van der Waals surface area contributed by atoms with Gasteiger partial charge in [-0.3, -0.25) is 0 Å². The van der Waals surface area contributed by atoms with Crippen LogP contribution in [0.2, 0.25) is 0 Å². The zero-order valence-electron chi connectivity index (χ0n) is 10.1. The highest BCUT2D eigenvalue weighted by atomic mass is 79.9. The first-order valence-corrected chi connectivity index (χ1v) is 8.45. The monoisotopic (exact) mass is 321 g/mol. The maximum Gasteiger partial charge on any atom is 0.0518 e. The van der Waals surface area contributed by atoms with Gasteiger partial charge in [0.25, 0.3) is 0 Å². The van der Waals surface area contributed by atoms with Crippen LogP contribution in [0.3, 0.4) is 0 Å². The Hall–Kier alpha value is 0.490. The Balaban J connectivity index is 2.60. The molecule has 0 saturated heterocycles. The predicted molar refractivity (Wildman–Crippen MR) is 80.6 cm³/mol. The van der Waals surface area contributed by atoms with Crippen molar-refractivity contribution >= 4 is 39.0 Å². The van der Waals surface area contributed by atoms with Gasteiger partial charge in [-0.2, -0.15) is 11.8 Å². The second-order valence-corrected chi connectivity index (χ2v) is 7.43. The predicted octanol–water partition coefficient (Wildman–Crippen LogP) is 4.69. The van der Waals surface area contributed by atoms with E-state index in [0.717, 1.165) is 12.3 Å². The molecule has 0 radical (unpaired) electrons. The maximum absolute atomic E-state index is 3.63. The average molecular weight is 322 g/mol. The summed E-state index contributed by atoms with van der Waals surface area (Å²) in [6.45, 7) is 7.81. The fourth-order valence-corrected chi connectivity index (χ4v) is 4.08. The standard InChI is InChI=1S/C12H20BrNS2/c1-4-6-14-11(8-16-9(2)3)12-10(13)5-7-15-12/h5,7,9,11,14H,4,6,8H2,1-3H3. The molecule has 92 valence electrons. The molecule has 1 N–H and O–H groups in total. The van der Waals surface area contributed by atoms with Crippen LogP contribution < -0.4 is 5.32 Å². The Morgan fingerprint density at radius 2 is 2.25 bits per heavy atom. The number of halogens is 1. The highest BCUT2D eigenvalue weighted by molar-refractivity contribution is 9.10. The summed E-state index contributed by atoms with van der Waals surface area (Å²) in [5.74, 6) is 1.15. The number of thiophene rings is 1. The van der Waals surface area contributed by atoms with E-state index < -0.39 is 0 Å². The smallest absolute Gasteiger partial charge is 0.0518 e. The highest BCUT2D eigenvalue weighted by Crippen LogP contribution is 2.31. The Morgan fingerprint density at radius 3 is 2.75 bits per heavy atom. The molecule has 1 rings (SSSR count). The zero-order valence-corrected chi connectivity index (χ0v) is 13.3. The van der Waals surface area contributed by atoms with Crippen LogP contribution in [0.25, 0.3) is 0 Å². The minimum absolute atomic E-state index is 0.488. The van der Waals surface area contributed by atoms with E-state index in [4.69, 9.17) is 0 Å². The second-order valence-electron chi connectivity index (χ2n) is 4.02. The molecule has 0 fully saturated rings. The van der Waals surface area contributed by atoms with Crippen LogP contribution in [0.15, 0.2) is 15.9 Å². The van der Waals surface area contributed by atoms with Crippen molar-refractivity contribution in [3.05, 3.63) is 20.8 Å². The van der Waals surface area contributed by atoms with Crippen molar-refractivity contribution < 1.29 is 0 Å². The largest absolute Gasteiger partial charge is 0.309 e. The molecule has 1 atom stereocenters. The SMILES string of the molecule is CCCNC(CSC(C)C)c1sccc1Br. The number of thioether (sulfide) groups is 1. The number of nitrogens with one attached hydrogen (secondary N) is 1. The molecule has 1 aromatic heterocycles. The summed E-state index contributed by atoms with van der Waals surface area (Å²) in [6, 6.07) is 2.63. The topological polar surface area (TPSA) is 12.0 Å². The van der Waals surface area contributed by atoms with E-state index in [-0.39, 0.29) is 0 Å². The molecule has 0 bridgehead atoms. The molecular formula is C12H20BrNS2. The normalized spacial score (nSPS) is 13.3. The van der Waals surface area contributed by atoms with Crippen molar-refractivity contribution in [1.82, 2.24) is 5.32 Å². The molecule has 16 heavy (non-hydrogen) atoms. The van der Waals surface area contributed by atoms with Gasteiger partial charge in [0.05, 0.1) is 6.04 Å². The van der Waals surface area contributed by atoms with E-state index in [0.29, 0.717) is 11.3 Å². The third kappa shape index (κ3) is 4.78. The van der Waals surface area contributed by atoms with Crippen LogP contribution in [-0.2, 0) is 0 Å². The van der Waals surface area contributed by atoms with Gasteiger partial charge in [-0.1, -0.05) is 20.8 Å². The van der Waals surface area contributed by atoms with Crippen molar-refractivity contribution in [3.63, 3.8) is 0 Å². The summed E-state index contributed by atoms with van der Waals surface area (Å²) in [7, 11) is 0. The lowest BCUT2D eigenvalue weighted by molar-refractivity contribution is 0.583. The van der Waals surface area contributed by atoms with Crippen molar-refractivity contribution in [1.29, 1.82) is 0 Å². The molecule has 0 aromatic carbocycles. The lowest BCUT2D eigenvalue weighted by Gasteiger charge is -2.18. The summed E-state index contributed by atoms with van der Waals surface area (Å²) in [5, 5.41) is 6.48. The van der Waals surface area contributed by atoms with E-state index in [1.165, 1.54) is 15.8 Å². The number of hydrogen-bond acceptors (Lipinski definition) is 3. The fraction of sp³-hybridized carbons (Fsp3) is 0.667. The first-order valence-electron chi connectivity index (χ1n) is 5.73. The minimum atomic E-state index is 0.488. The van der Waals surface area contributed by atoms with Gasteiger partial charge in [0.1, 0.15) is 0 Å². The van der Waals surface area contributed by atoms with Gasteiger partial charge < -0.3 is 5.32 Å². The fourth-order valence-electron chi connectivity index (χ4n) is 1.39. The summed E-state index contributed by atoms with van der Waals surface area (Å²) in [4.78, 5) is 1.43. The van der Waals surface area contributed by atoms with E-state index in [2.05, 4.69) is 53.5 Å². The van der Waals surface area contributed by atoms with Crippen molar-refractivity contribution in [2.24, 2.45) is 0 Å². The molecule has 1 heterocycles. The highest BCUT2D eigenvalue weighted by Gasteiger charge is 2.15. The molecule has 0 aliphatic carbocycles.